The Bertz CT molecular complexity index is 2430. The monoisotopic (exact) mass is 527 g/mol. The molecule has 0 saturated heterocycles. The summed E-state index contributed by atoms with van der Waals surface area (Å²) >= 11 is 1.77. The number of aromatic nitrogens is 3. The Balaban J connectivity index is 1.52. The number of nitrogens with zero attached hydrogens (tertiary/aromatic N) is 3. The molecule has 0 radical (unpaired) electrons. The van der Waals surface area contributed by atoms with E-state index in [-0.39, 0.29) is 0 Å². The average molecular weight is 528 g/mol. The van der Waals surface area contributed by atoms with Gasteiger partial charge in [0.2, 0.25) is 5.95 Å². The molecule has 4 heteroatoms. The standard InChI is InChI=1S/C36H21N3S/c1-2-12-24(13-3-1)32-35-33(27-16-8-9-17-30(27)40-35)38-36(37-32)39-29-21-19-22-10-4-6-14-25(22)31(29)28-20-18-23-11-5-7-15-26(23)34(28)39/h1-21H. The molecule has 3 nitrogen and oxygen atoms in total. The van der Waals surface area contributed by atoms with Gasteiger partial charge in [0.05, 0.1) is 26.9 Å². The van der Waals surface area contributed by atoms with Crippen molar-refractivity contribution >= 4 is 75.0 Å². The van der Waals surface area contributed by atoms with Crippen molar-refractivity contribution in [2.75, 3.05) is 0 Å². The SMILES string of the molecule is c1ccc(-c2nc(-n3c4ccc5ccccc5c4c4ccc5ccccc5c43)nc3c2sc2ccccc23)cc1. The van der Waals surface area contributed by atoms with Crippen molar-refractivity contribution in [3.8, 4) is 17.2 Å². The molecule has 0 bridgehead atoms. The van der Waals surface area contributed by atoms with Crippen LogP contribution in [0.2, 0.25) is 0 Å². The van der Waals surface area contributed by atoms with Crippen LogP contribution >= 0.6 is 11.3 Å². The van der Waals surface area contributed by atoms with Gasteiger partial charge in [-0.2, -0.15) is 0 Å². The first-order valence-electron chi connectivity index (χ1n) is 13.4. The third-order valence-electron chi connectivity index (χ3n) is 8.00. The van der Waals surface area contributed by atoms with Crippen molar-refractivity contribution in [2.45, 2.75) is 0 Å². The van der Waals surface area contributed by atoms with E-state index in [0.29, 0.717) is 5.95 Å². The molecule has 0 aliphatic rings. The highest BCUT2D eigenvalue weighted by atomic mass is 32.1. The lowest BCUT2D eigenvalue weighted by atomic mass is 10.0. The van der Waals surface area contributed by atoms with Crippen molar-refractivity contribution in [1.29, 1.82) is 0 Å². The number of fused-ring (bicyclic) bond motifs is 10. The van der Waals surface area contributed by atoms with Crippen LogP contribution in [0.4, 0.5) is 0 Å². The summed E-state index contributed by atoms with van der Waals surface area (Å²) in [5, 5.41) is 8.48. The Morgan fingerprint density at radius 3 is 2.05 bits per heavy atom. The summed E-state index contributed by atoms with van der Waals surface area (Å²) in [4.78, 5) is 10.7. The van der Waals surface area contributed by atoms with E-state index >= 15 is 0 Å². The fourth-order valence-electron chi connectivity index (χ4n) is 6.23. The van der Waals surface area contributed by atoms with Crippen LogP contribution in [0.5, 0.6) is 0 Å². The highest BCUT2D eigenvalue weighted by molar-refractivity contribution is 7.26. The number of hydrogen-bond donors (Lipinski definition) is 0. The van der Waals surface area contributed by atoms with E-state index in [4.69, 9.17) is 9.97 Å². The van der Waals surface area contributed by atoms with Crippen LogP contribution in [0, 0.1) is 0 Å². The maximum atomic E-state index is 5.36. The van der Waals surface area contributed by atoms with Crippen LogP contribution in [0.15, 0.2) is 127 Å². The van der Waals surface area contributed by atoms with Gasteiger partial charge in [0.25, 0.3) is 0 Å². The summed E-state index contributed by atoms with van der Waals surface area (Å²) in [7, 11) is 0. The van der Waals surface area contributed by atoms with Crippen LogP contribution in [-0.4, -0.2) is 14.5 Å². The topological polar surface area (TPSA) is 30.7 Å². The molecule has 0 saturated carbocycles. The lowest BCUT2D eigenvalue weighted by molar-refractivity contribution is 1.02. The van der Waals surface area contributed by atoms with E-state index in [0.717, 1.165) is 32.5 Å². The minimum Gasteiger partial charge on any atom is -0.277 e. The summed E-state index contributed by atoms with van der Waals surface area (Å²) in [6, 6.07) is 45.2. The highest BCUT2D eigenvalue weighted by Gasteiger charge is 2.21. The third kappa shape index (κ3) is 2.99. The second-order valence-corrected chi connectivity index (χ2v) is 11.3. The molecule has 3 heterocycles. The zero-order valence-electron chi connectivity index (χ0n) is 21.4. The van der Waals surface area contributed by atoms with Crippen LogP contribution < -0.4 is 0 Å². The van der Waals surface area contributed by atoms with Gasteiger partial charge < -0.3 is 0 Å². The normalized spacial score (nSPS) is 12.0. The van der Waals surface area contributed by atoms with Gasteiger partial charge in [-0.15, -0.1) is 11.3 Å². The Morgan fingerprint density at radius 1 is 0.525 bits per heavy atom. The Morgan fingerprint density at radius 2 is 1.20 bits per heavy atom. The van der Waals surface area contributed by atoms with Gasteiger partial charge in [0.15, 0.2) is 0 Å². The van der Waals surface area contributed by atoms with Crippen LogP contribution in [0.3, 0.4) is 0 Å². The van der Waals surface area contributed by atoms with E-state index in [1.807, 2.05) is 0 Å². The van der Waals surface area contributed by atoms with Crippen molar-refractivity contribution < 1.29 is 0 Å². The molecule has 9 rings (SSSR count). The van der Waals surface area contributed by atoms with Crippen LogP contribution in [0.25, 0.3) is 80.9 Å². The Labute approximate surface area is 233 Å². The van der Waals surface area contributed by atoms with E-state index in [1.54, 1.807) is 11.3 Å². The van der Waals surface area contributed by atoms with Gasteiger partial charge in [-0.3, -0.25) is 4.57 Å². The summed E-state index contributed by atoms with van der Waals surface area (Å²) in [5.74, 6) is 0.696. The first-order chi connectivity index (χ1) is 19.8. The van der Waals surface area contributed by atoms with Crippen molar-refractivity contribution in [3.05, 3.63) is 127 Å². The molecule has 0 N–H and O–H groups in total. The maximum Gasteiger partial charge on any atom is 0.235 e. The van der Waals surface area contributed by atoms with Crippen molar-refractivity contribution in [1.82, 2.24) is 14.5 Å². The van der Waals surface area contributed by atoms with E-state index in [1.165, 1.54) is 42.4 Å². The predicted octanol–water partition coefficient (Wildman–Crippen LogP) is 9.91. The third-order valence-corrected chi connectivity index (χ3v) is 9.16. The molecular weight excluding hydrogens is 506 g/mol. The fourth-order valence-corrected chi connectivity index (χ4v) is 7.38. The van der Waals surface area contributed by atoms with E-state index < -0.39 is 0 Å². The molecular formula is C36H21N3S. The molecule has 0 fully saturated rings. The summed E-state index contributed by atoms with van der Waals surface area (Å²) in [5.41, 5.74) is 5.32. The fraction of sp³-hybridized carbons (Fsp3) is 0. The molecule has 0 unspecified atom stereocenters. The summed E-state index contributed by atoms with van der Waals surface area (Å²) in [6.07, 6.45) is 0. The molecule has 6 aromatic carbocycles. The summed E-state index contributed by atoms with van der Waals surface area (Å²) in [6.45, 7) is 0. The number of hydrogen-bond acceptors (Lipinski definition) is 3. The molecule has 0 spiro atoms. The second-order valence-electron chi connectivity index (χ2n) is 10.2. The Hall–Kier alpha value is -5.06. The summed E-state index contributed by atoms with van der Waals surface area (Å²) < 4.78 is 4.63. The molecule has 0 aliphatic heterocycles. The molecule has 0 amide bonds. The van der Waals surface area contributed by atoms with Crippen molar-refractivity contribution in [3.63, 3.8) is 0 Å². The number of benzene rings is 6. The van der Waals surface area contributed by atoms with Crippen LogP contribution in [0.1, 0.15) is 0 Å². The van der Waals surface area contributed by atoms with Gasteiger partial charge in [-0.1, -0.05) is 115 Å². The molecule has 3 aromatic heterocycles. The molecule has 9 aromatic rings. The first-order valence-corrected chi connectivity index (χ1v) is 14.3. The van der Waals surface area contributed by atoms with Gasteiger partial charge in [-0.25, -0.2) is 9.97 Å². The van der Waals surface area contributed by atoms with Crippen LogP contribution in [-0.2, 0) is 0 Å². The van der Waals surface area contributed by atoms with E-state index in [9.17, 15) is 0 Å². The molecule has 40 heavy (non-hydrogen) atoms. The Kier molecular flexibility index (Phi) is 4.48. The quantitative estimate of drug-likeness (QED) is 0.224. The smallest absolute Gasteiger partial charge is 0.235 e. The lowest BCUT2D eigenvalue weighted by Gasteiger charge is -2.11. The number of rotatable bonds is 2. The lowest BCUT2D eigenvalue weighted by Crippen LogP contribution is -2.03. The highest BCUT2D eigenvalue weighted by Crippen LogP contribution is 2.42. The minimum absolute atomic E-state index is 0.696. The molecule has 186 valence electrons. The van der Waals surface area contributed by atoms with Gasteiger partial charge in [0.1, 0.15) is 0 Å². The zero-order chi connectivity index (χ0) is 26.2. The minimum atomic E-state index is 0.696. The molecule has 0 aliphatic carbocycles. The van der Waals surface area contributed by atoms with Gasteiger partial charge in [-0.05, 0) is 28.3 Å². The van der Waals surface area contributed by atoms with Gasteiger partial charge >= 0.3 is 0 Å². The second kappa shape index (κ2) is 8.22. The average Bonchev–Trinajstić information content (AvgIpc) is 3.57. The largest absolute Gasteiger partial charge is 0.277 e. The predicted molar refractivity (Wildman–Crippen MR) is 170 cm³/mol. The van der Waals surface area contributed by atoms with Crippen molar-refractivity contribution in [2.24, 2.45) is 0 Å². The molecule has 0 atom stereocenters. The zero-order valence-corrected chi connectivity index (χ0v) is 22.2. The first kappa shape index (κ1) is 21.8. The maximum absolute atomic E-state index is 5.36. The van der Waals surface area contributed by atoms with E-state index in [2.05, 4.69) is 132 Å². The number of thiophene rings is 1. The van der Waals surface area contributed by atoms with Gasteiger partial charge in [0, 0.05) is 31.8 Å².